The lowest BCUT2D eigenvalue weighted by Crippen LogP contribution is -2.59. The lowest BCUT2D eigenvalue weighted by molar-refractivity contribution is -0.132. The van der Waals surface area contributed by atoms with Gasteiger partial charge in [0.1, 0.15) is 11.4 Å². The molecule has 1 aliphatic heterocycles. The topological polar surface area (TPSA) is 97.7 Å². The van der Waals surface area contributed by atoms with Crippen LogP contribution in [0.4, 0.5) is 4.39 Å². The average Bonchev–Trinajstić information content (AvgIpc) is 2.72. The Hall–Kier alpha value is -3.20. The zero-order valence-electron chi connectivity index (χ0n) is 18.4. The zero-order chi connectivity index (χ0) is 24.1. The molecule has 0 atom stereocenters. The van der Waals surface area contributed by atoms with Crippen molar-refractivity contribution in [2.45, 2.75) is 38.8 Å². The van der Waals surface area contributed by atoms with Gasteiger partial charge in [0.25, 0.3) is 11.8 Å². The van der Waals surface area contributed by atoms with Crippen molar-refractivity contribution >= 4 is 29.4 Å². The molecule has 8 nitrogen and oxygen atoms in total. The van der Waals surface area contributed by atoms with Gasteiger partial charge >= 0.3 is 5.97 Å². The number of hydrogen-bond acceptors (Lipinski definition) is 5. The molecule has 0 unspecified atom stereocenters. The number of halogens is 2. The number of amides is 2. The minimum Gasteiger partial charge on any atom is -0.420 e. The fourth-order valence-corrected chi connectivity index (χ4v) is 5.05. The number of rotatable bonds is 4. The molecular weight excluding hydrogens is 453 g/mol. The fourth-order valence-electron chi connectivity index (χ4n) is 4.86. The Kier molecular flexibility index (Phi) is 5.78. The zero-order valence-corrected chi connectivity index (χ0v) is 19.2. The van der Waals surface area contributed by atoms with Gasteiger partial charge in [0.05, 0.1) is 10.6 Å². The first kappa shape index (κ1) is 23.0. The van der Waals surface area contributed by atoms with E-state index in [1.165, 1.54) is 23.2 Å². The van der Waals surface area contributed by atoms with Gasteiger partial charge in [0.15, 0.2) is 5.69 Å². The van der Waals surface area contributed by atoms with E-state index in [4.69, 9.17) is 16.3 Å². The van der Waals surface area contributed by atoms with E-state index >= 15 is 0 Å². The van der Waals surface area contributed by atoms with Crippen LogP contribution in [-0.4, -0.2) is 40.8 Å². The van der Waals surface area contributed by atoms with Gasteiger partial charge in [-0.25, -0.2) is 4.39 Å². The molecule has 2 aromatic rings. The van der Waals surface area contributed by atoms with Crippen molar-refractivity contribution < 1.29 is 23.5 Å². The Morgan fingerprint density at radius 3 is 2.64 bits per heavy atom. The number of likely N-dealkylation sites (N-methyl/N-ethyl adjacent to an activating group) is 1. The third-order valence-electron chi connectivity index (χ3n) is 6.18. The van der Waals surface area contributed by atoms with E-state index in [1.54, 1.807) is 17.7 Å². The smallest absolute Gasteiger partial charge is 0.308 e. The van der Waals surface area contributed by atoms with Crippen LogP contribution in [0, 0.1) is 11.7 Å². The normalized spacial score (nSPS) is 21.4. The fraction of sp³-hybridized carbons (Fsp3) is 0.391. The Labute approximate surface area is 194 Å². The number of nitrogens with zero attached hydrogens (tertiary/aromatic N) is 2. The van der Waals surface area contributed by atoms with Crippen LogP contribution in [-0.2, 0) is 16.9 Å². The maximum absolute atomic E-state index is 14.2. The van der Waals surface area contributed by atoms with Crippen LogP contribution >= 0.6 is 11.6 Å². The van der Waals surface area contributed by atoms with Crippen LogP contribution in [0.15, 0.2) is 29.2 Å². The third-order valence-corrected chi connectivity index (χ3v) is 6.47. The van der Waals surface area contributed by atoms with Gasteiger partial charge in [-0.15, -0.1) is 0 Å². The van der Waals surface area contributed by atoms with Crippen molar-refractivity contribution in [3.05, 3.63) is 62.3 Å². The Morgan fingerprint density at radius 2 is 2.00 bits per heavy atom. The maximum Gasteiger partial charge on any atom is 0.308 e. The van der Waals surface area contributed by atoms with Gasteiger partial charge in [-0.2, -0.15) is 0 Å². The highest BCUT2D eigenvalue weighted by molar-refractivity contribution is 6.30. The number of pyridine rings is 1. The highest BCUT2D eigenvalue weighted by atomic mass is 35.5. The molecule has 1 aromatic heterocycles. The third kappa shape index (κ3) is 3.90. The van der Waals surface area contributed by atoms with Crippen LogP contribution in [0.3, 0.4) is 0 Å². The molecule has 1 aliphatic carbocycles. The van der Waals surface area contributed by atoms with Crippen molar-refractivity contribution in [1.29, 1.82) is 0 Å². The van der Waals surface area contributed by atoms with Gasteiger partial charge < -0.3 is 19.5 Å². The van der Waals surface area contributed by atoms with E-state index in [-0.39, 0.29) is 28.4 Å². The first-order valence-electron chi connectivity index (χ1n) is 10.5. The van der Waals surface area contributed by atoms with E-state index < -0.39 is 40.3 Å². The molecule has 2 heterocycles. The molecule has 1 N–H and O–H groups in total. The predicted octanol–water partition coefficient (Wildman–Crippen LogP) is 2.71. The van der Waals surface area contributed by atoms with Gasteiger partial charge in [0, 0.05) is 38.8 Å². The number of fused-ring (bicyclic) bond motifs is 2. The van der Waals surface area contributed by atoms with Gasteiger partial charge in [0.2, 0.25) is 11.2 Å². The van der Waals surface area contributed by atoms with Crippen molar-refractivity contribution in [3.63, 3.8) is 0 Å². The Balaban J connectivity index is 1.78. The highest BCUT2D eigenvalue weighted by Crippen LogP contribution is 2.47. The predicted molar refractivity (Wildman–Crippen MR) is 118 cm³/mol. The molecule has 33 heavy (non-hydrogen) atoms. The molecule has 2 amide bonds. The van der Waals surface area contributed by atoms with Crippen LogP contribution in [0.5, 0.6) is 5.75 Å². The first-order valence-corrected chi connectivity index (χ1v) is 10.9. The number of nitrogens with one attached hydrogen (secondary N) is 1. The second-order valence-corrected chi connectivity index (χ2v) is 9.22. The monoisotopic (exact) mass is 475 g/mol. The van der Waals surface area contributed by atoms with Crippen LogP contribution in [0.25, 0.3) is 0 Å². The maximum atomic E-state index is 14.2. The lowest BCUT2D eigenvalue weighted by Gasteiger charge is -2.53. The van der Waals surface area contributed by atoms with E-state index in [0.29, 0.717) is 12.5 Å². The molecule has 1 saturated carbocycles. The number of benzene rings is 1. The van der Waals surface area contributed by atoms with Gasteiger partial charge in [-0.3, -0.25) is 19.2 Å². The summed E-state index contributed by atoms with van der Waals surface area (Å²) >= 11 is 5.79. The Morgan fingerprint density at radius 1 is 1.30 bits per heavy atom. The lowest BCUT2D eigenvalue weighted by atomic mass is 9.67. The minimum atomic E-state index is -0.883. The summed E-state index contributed by atoms with van der Waals surface area (Å²) in [5, 5.41) is 2.43. The number of esters is 1. The van der Waals surface area contributed by atoms with E-state index in [9.17, 15) is 23.6 Å². The highest BCUT2D eigenvalue weighted by Gasteiger charge is 2.50. The molecule has 1 fully saturated rings. The van der Waals surface area contributed by atoms with Crippen LogP contribution in [0.1, 0.15) is 53.1 Å². The number of hydrogen-bond donors (Lipinski definition) is 1. The summed E-state index contributed by atoms with van der Waals surface area (Å²) in [5.74, 6) is -2.79. The molecule has 0 radical (unpaired) electrons. The van der Waals surface area contributed by atoms with Crippen molar-refractivity contribution in [3.8, 4) is 5.75 Å². The molecule has 2 aliphatic rings. The largest absolute Gasteiger partial charge is 0.420 e. The molecule has 4 rings (SSSR count). The summed E-state index contributed by atoms with van der Waals surface area (Å²) in [4.78, 5) is 52.3. The molecule has 0 bridgehead atoms. The molecule has 1 aromatic carbocycles. The molecule has 1 spiro atoms. The van der Waals surface area contributed by atoms with Crippen LogP contribution in [0.2, 0.25) is 5.02 Å². The summed E-state index contributed by atoms with van der Waals surface area (Å²) in [6.07, 6.45) is 2.81. The van der Waals surface area contributed by atoms with Crippen LogP contribution < -0.4 is 15.5 Å². The van der Waals surface area contributed by atoms with Crippen molar-refractivity contribution in [2.24, 2.45) is 5.92 Å². The number of ether oxygens (including phenoxy) is 1. The summed E-state index contributed by atoms with van der Waals surface area (Å²) in [7, 11) is 1.62. The first-order chi connectivity index (χ1) is 15.5. The van der Waals surface area contributed by atoms with E-state index in [2.05, 4.69) is 12.2 Å². The summed E-state index contributed by atoms with van der Waals surface area (Å²) in [5.41, 5.74) is -1.59. The minimum absolute atomic E-state index is 0.0479. The summed E-state index contributed by atoms with van der Waals surface area (Å²) < 4.78 is 21.0. The number of carbonyl (C=O) groups excluding carboxylic acids is 3. The average molecular weight is 476 g/mol. The number of aromatic nitrogens is 1. The van der Waals surface area contributed by atoms with E-state index in [1.807, 2.05) is 0 Å². The van der Waals surface area contributed by atoms with Crippen molar-refractivity contribution in [1.82, 2.24) is 14.8 Å². The molecule has 0 saturated heterocycles. The van der Waals surface area contributed by atoms with Gasteiger partial charge in [-0.1, -0.05) is 30.7 Å². The molecular formula is C23H23ClFN3O5. The summed E-state index contributed by atoms with van der Waals surface area (Å²) in [6, 6.07) is 4.39. The van der Waals surface area contributed by atoms with Crippen molar-refractivity contribution in [2.75, 3.05) is 13.6 Å². The van der Waals surface area contributed by atoms with Gasteiger partial charge in [-0.05, 0) is 24.8 Å². The standard InChI is InChI=1S/C23H23ClFN3O5/c1-12-7-23(8-12)11-27(3)22(32)18-20(33-13(2)29)19(30)15(10-28(18)23)21(31)26-9-14-5-4-6-16(24)17(14)25/h4-6,10,12H,7-9,11H2,1-3H3,(H,26,31). The quantitative estimate of drug-likeness (QED) is 0.686. The molecule has 10 heteroatoms. The number of carbonyl (C=O) groups is 3. The summed E-state index contributed by atoms with van der Waals surface area (Å²) in [6.45, 7) is 3.38. The second kappa shape index (κ2) is 8.30. The molecule has 174 valence electrons. The van der Waals surface area contributed by atoms with E-state index in [0.717, 1.165) is 19.8 Å². The Bertz CT molecular complexity index is 1240. The SMILES string of the molecule is CC(=O)Oc1c2n(cc(C(=O)NCc3cccc(Cl)c3F)c1=O)C1(CC(C)C1)CN(C)C2=O. The second-order valence-electron chi connectivity index (χ2n) is 8.81.